The minimum absolute atomic E-state index is 0.208. The fourth-order valence-electron chi connectivity index (χ4n) is 3.88. The first-order valence-electron chi connectivity index (χ1n) is 8.19. The molecule has 1 amide bonds. The first-order valence-corrected chi connectivity index (χ1v) is 8.19. The number of benzene rings is 1. The summed E-state index contributed by atoms with van der Waals surface area (Å²) in [6.07, 6.45) is 6.16. The van der Waals surface area contributed by atoms with E-state index < -0.39 is 0 Å². The smallest absolute Gasteiger partial charge is 0.224 e. The molecule has 0 bridgehead atoms. The lowest BCUT2D eigenvalue weighted by molar-refractivity contribution is -0.123. The molecule has 1 spiro atoms. The highest BCUT2D eigenvalue weighted by molar-refractivity contribution is 5.82. The number of carbonyl (C=O) groups excluding carboxylic acids is 1. The maximum Gasteiger partial charge on any atom is 0.224 e. The molecular weight excluding hydrogens is 274 g/mol. The standard InChI is InChI=1S/C19H21NO2/c21-18(16-12-19(16)10-4-5-11-19)20-13-15-8-9-17(22-15)14-6-2-1-3-7-14/h1-3,6-9,16H,4-5,10-13H2,(H,20,21)/t16-/m0/s1. The van der Waals surface area contributed by atoms with Gasteiger partial charge in [-0.25, -0.2) is 0 Å². The molecule has 1 atom stereocenters. The highest BCUT2D eigenvalue weighted by Gasteiger charge is 2.58. The zero-order chi connectivity index (χ0) is 15.0. The Morgan fingerprint density at radius 3 is 2.68 bits per heavy atom. The molecule has 2 fully saturated rings. The first-order chi connectivity index (χ1) is 10.8. The van der Waals surface area contributed by atoms with Gasteiger partial charge in [-0.05, 0) is 36.8 Å². The van der Waals surface area contributed by atoms with E-state index in [2.05, 4.69) is 5.32 Å². The van der Waals surface area contributed by atoms with Gasteiger partial charge in [-0.3, -0.25) is 4.79 Å². The number of hydrogen-bond acceptors (Lipinski definition) is 2. The van der Waals surface area contributed by atoms with E-state index in [0.717, 1.165) is 23.5 Å². The van der Waals surface area contributed by atoms with Gasteiger partial charge in [0.15, 0.2) is 0 Å². The minimum Gasteiger partial charge on any atom is -0.459 e. The van der Waals surface area contributed by atoms with Crippen LogP contribution in [0, 0.1) is 11.3 Å². The van der Waals surface area contributed by atoms with Crippen molar-refractivity contribution in [2.45, 2.75) is 38.6 Å². The predicted molar refractivity (Wildman–Crippen MR) is 85.0 cm³/mol. The molecule has 0 radical (unpaired) electrons. The summed E-state index contributed by atoms with van der Waals surface area (Å²) < 4.78 is 5.82. The van der Waals surface area contributed by atoms with Crippen molar-refractivity contribution in [1.82, 2.24) is 5.32 Å². The Morgan fingerprint density at radius 2 is 1.91 bits per heavy atom. The van der Waals surface area contributed by atoms with Crippen LogP contribution < -0.4 is 5.32 Å². The van der Waals surface area contributed by atoms with Gasteiger partial charge in [-0.1, -0.05) is 43.2 Å². The molecule has 1 heterocycles. The Balaban J connectivity index is 1.35. The van der Waals surface area contributed by atoms with Gasteiger partial charge in [0.25, 0.3) is 0 Å². The number of amides is 1. The highest BCUT2D eigenvalue weighted by Crippen LogP contribution is 2.62. The summed E-state index contributed by atoms with van der Waals surface area (Å²) in [7, 11) is 0. The normalized spacial score (nSPS) is 21.9. The summed E-state index contributed by atoms with van der Waals surface area (Å²) in [5.74, 6) is 2.12. The Hall–Kier alpha value is -2.03. The molecular formula is C19H21NO2. The summed E-state index contributed by atoms with van der Waals surface area (Å²) in [6, 6.07) is 13.9. The van der Waals surface area contributed by atoms with Crippen LogP contribution >= 0.6 is 0 Å². The monoisotopic (exact) mass is 295 g/mol. The Morgan fingerprint density at radius 1 is 1.14 bits per heavy atom. The van der Waals surface area contributed by atoms with Gasteiger partial charge in [0.1, 0.15) is 11.5 Å². The number of hydrogen-bond donors (Lipinski definition) is 1. The van der Waals surface area contributed by atoms with E-state index in [1.807, 2.05) is 42.5 Å². The lowest BCUT2D eigenvalue weighted by atomic mass is 10.0. The van der Waals surface area contributed by atoms with Gasteiger partial charge in [-0.15, -0.1) is 0 Å². The van der Waals surface area contributed by atoms with Crippen LogP contribution in [0.25, 0.3) is 11.3 Å². The molecule has 0 unspecified atom stereocenters. The van der Waals surface area contributed by atoms with Crippen molar-refractivity contribution in [2.24, 2.45) is 11.3 Å². The Bertz CT molecular complexity index is 668. The summed E-state index contributed by atoms with van der Waals surface area (Å²) in [5, 5.41) is 3.04. The van der Waals surface area contributed by atoms with Gasteiger partial charge < -0.3 is 9.73 Å². The third-order valence-corrected chi connectivity index (χ3v) is 5.26. The van der Waals surface area contributed by atoms with Gasteiger partial charge in [0, 0.05) is 11.5 Å². The quantitative estimate of drug-likeness (QED) is 0.921. The summed E-state index contributed by atoms with van der Waals surface area (Å²) in [5.41, 5.74) is 1.43. The topological polar surface area (TPSA) is 42.2 Å². The Kier molecular flexibility index (Phi) is 3.29. The van der Waals surface area contributed by atoms with Gasteiger partial charge in [0.2, 0.25) is 5.91 Å². The molecule has 2 aliphatic rings. The average Bonchev–Trinajstić information content (AvgIpc) is 2.91. The van der Waals surface area contributed by atoms with Crippen molar-refractivity contribution in [3.05, 3.63) is 48.2 Å². The highest BCUT2D eigenvalue weighted by atomic mass is 16.3. The molecule has 114 valence electrons. The number of carbonyl (C=O) groups is 1. The maximum absolute atomic E-state index is 12.3. The molecule has 22 heavy (non-hydrogen) atoms. The van der Waals surface area contributed by atoms with Crippen LogP contribution in [-0.2, 0) is 11.3 Å². The van der Waals surface area contributed by atoms with Crippen molar-refractivity contribution >= 4 is 5.91 Å². The molecule has 2 aliphatic carbocycles. The zero-order valence-corrected chi connectivity index (χ0v) is 12.7. The fourth-order valence-corrected chi connectivity index (χ4v) is 3.88. The van der Waals surface area contributed by atoms with Crippen LogP contribution in [-0.4, -0.2) is 5.91 Å². The fraction of sp³-hybridized carbons (Fsp3) is 0.421. The largest absolute Gasteiger partial charge is 0.459 e. The van der Waals surface area contributed by atoms with Crippen LogP contribution in [0.1, 0.15) is 37.9 Å². The number of furan rings is 1. The molecule has 1 aromatic carbocycles. The molecule has 4 rings (SSSR count). The third kappa shape index (κ3) is 2.45. The molecule has 3 nitrogen and oxygen atoms in total. The van der Waals surface area contributed by atoms with Crippen molar-refractivity contribution in [2.75, 3.05) is 0 Å². The molecule has 0 aliphatic heterocycles. The van der Waals surface area contributed by atoms with Crippen molar-refractivity contribution in [3.63, 3.8) is 0 Å². The average molecular weight is 295 g/mol. The molecule has 1 aromatic heterocycles. The summed E-state index contributed by atoms with van der Waals surface area (Å²) >= 11 is 0. The molecule has 3 heteroatoms. The van der Waals surface area contributed by atoms with Crippen LogP contribution in [0.15, 0.2) is 46.9 Å². The van der Waals surface area contributed by atoms with Crippen LogP contribution in [0.5, 0.6) is 0 Å². The predicted octanol–water partition coefficient (Wildman–Crippen LogP) is 4.14. The van der Waals surface area contributed by atoms with E-state index in [1.54, 1.807) is 0 Å². The van der Waals surface area contributed by atoms with E-state index in [0.29, 0.717) is 12.0 Å². The van der Waals surface area contributed by atoms with Crippen molar-refractivity contribution in [1.29, 1.82) is 0 Å². The lowest BCUT2D eigenvalue weighted by Gasteiger charge is -2.08. The van der Waals surface area contributed by atoms with E-state index >= 15 is 0 Å². The minimum atomic E-state index is 0.208. The number of rotatable bonds is 4. The second-order valence-electron chi connectivity index (χ2n) is 6.68. The lowest BCUT2D eigenvalue weighted by Crippen LogP contribution is -2.26. The molecule has 2 aromatic rings. The van der Waals surface area contributed by atoms with Gasteiger partial charge in [-0.2, -0.15) is 0 Å². The van der Waals surface area contributed by atoms with Crippen LogP contribution in [0.2, 0.25) is 0 Å². The first kappa shape index (κ1) is 13.6. The van der Waals surface area contributed by atoms with E-state index in [4.69, 9.17) is 4.42 Å². The third-order valence-electron chi connectivity index (χ3n) is 5.26. The summed E-state index contributed by atoms with van der Waals surface area (Å²) in [6.45, 7) is 0.484. The summed E-state index contributed by atoms with van der Waals surface area (Å²) in [4.78, 5) is 12.3. The van der Waals surface area contributed by atoms with E-state index in [-0.39, 0.29) is 11.8 Å². The maximum atomic E-state index is 12.3. The Labute approximate surface area is 130 Å². The molecule has 0 saturated heterocycles. The number of nitrogens with one attached hydrogen (secondary N) is 1. The molecule has 2 saturated carbocycles. The van der Waals surface area contributed by atoms with E-state index in [1.165, 1.54) is 25.7 Å². The van der Waals surface area contributed by atoms with Gasteiger partial charge >= 0.3 is 0 Å². The van der Waals surface area contributed by atoms with Gasteiger partial charge in [0.05, 0.1) is 6.54 Å². The van der Waals surface area contributed by atoms with Crippen LogP contribution in [0.3, 0.4) is 0 Å². The second kappa shape index (κ2) is 5.31. The van der Waals surface area contributed by atoms with Crippen molar-refractivity contribution in [3.8, 4) is 11.3 Å². The van der Waals surface area contributed by atoms with Crippen molar-refractivity contribution < 1.29 is 9.21 Å². The SMILES string of the molecule is O=C(NCc1ccc(-c2ccccc2)o1)[C@@H]1CC12CCCC2. The second-order valence-corrected chi connectivity index (χ2v) is 6.68. The van der Waals surface area contributed by atoms with E-state index in [9.17, 15) is 4.79 Å². The molecule has 1 N–H and O–H groups in total. The van der Waals surface area contributed by atoms with Crippen LogP contribution in [0.4, 0.5) is 0 Å². The zero-order valence-electron chi connectivity index (χ0n) is 12.7.